The first-order chi connectivity index (χ1) is 11.6. The van der Waals surface area contributed by atoms with Crippen molar-refractivity contribution >= 4 is 6.03 Å². The summed E-state index contributed by atoms with van der Waals surface area (Å²) in [7, 11) is 0. The van der Waals surface area contributed by atoms with E-state index in [2.05, 4.69) is 10.6 Å². The van der Waals surface area contributed by atoms with Gasteiger partial charge in [-0.05, 0) is 24.3 Å². The van der Waals surface area contributed by atoms with Crippen LogP contribution in [0.3, 0.4) is 0 Å². The number of hydrogen-bond donors (Lipinski definition) is 4. The molecule has 0 bridgehead atoms. The van der Waals surface area contributed by atoms with Crippen molar-refractivity contribution in [1.82, 2.24) is 15.5 Å². The molecule has 1 aromatic rings. The highest BCUT2D eigenvalue weighted by Gasteiger charge is 2.15. The SMILES string of the molecule is C.O=C(NCCNCC(O)COc1ccc(O)cc1)N1CCOCC1. The number of nitrogens with zero attached hydrogens (tertiary/aromatic N) is 1. The van der Waals surface area contributed by atoms with Gasteiger partial charge in [0.05, 0.1) is 13.2 Å². The van der Waals surface area contributed by atoms with Gasteiger partial charge in [-0.2, -0.15) is 0 Å². The standard InChI is InChI=1S/C16H25N3O5.CH4/c20-13-1-3-15(4-2-13)24-12-14(21)11-17-5-6-18-16(22)19-7-9-23-10-8-19;/h1-4,14,17,20-21H,5-12H2,(H,18,22);1H4. The fourth-order valence-electron chi connectivity index (χ4n) is 2.20. The molecule has 0 aliphatic carbocycles. The second kappa shape index (κ2) is 11.5. The van der Waals surface area contributed by atoms with Gasteiger partial charge in [0.25, 0.3) is 0 Å². The summed E-state index contributed by atoms with van der Waals surface area (Å²) in [6.45, 7) is 3.97. The molecule has 2 amide bonds. The smallest absolute Gasteiger partial charge is 0.317 e. The molecule has 0 radical (unpaired) electrons. The van der Waals surface area contributed by atoms with E-state index < -0.39 is 6.10 Å². The lowest BCUT2D eigenvalue weighted by molar-refractivity contribution is 0.0532. The number of hydrogen-bond acceptors (Lipinski definition) is 6. The molecule has 1 aliphatic heterocycles. The zero-order chi connectivity index (χ0) is 17.2. The van der Waals surface area contributed by atoms with Crippen LogP contribution in [0.2, 0.25) is 0 Å². The molecule has 0 spiro atoms. The van der Waals surface area contributed by atoms with E-state index in [1.54, 1.807) is 17.0 Å². The monoisotopic (exact) mass is 355 g/mol. The minimum absolute atomic E-state index is 0. The minimum atomic E-state index is -0.659. The average molecular weight is 355 g/mol. The molecule has 8 nitrogen and oxygen atoms in total. The fourth-order valence-corrected chi connectivity index (χ4v) is 2.20. The number of benzene rings is 1. The predicted octanol–water partition coefficient (Wildman–Crippen LogP) is 0.399. The van der Waals surface area contributed by atoms with E-state index in [4.69, 9.17) is 14.6 Å². The van der Waals surface area contributed by atoms with Gasteiger partial charge in [0, 0.05) is 32.7 Å². The van der Waals surface area contributed by atoms with E-state index in [1.807, 2.05) is 0 Å². The molecule has 142 valence electrons. The molecule has 25 heavy (non-hydrogen) atoms. The van der Waals surface area contributed by atoms with Crippen LogP contribution < -0.4 is 15.4 Å². The normalized spacial score (nSPS) is 15.2. The van der Waals surface area contributed by atoms with Gasteiger partial charge in [-0.15, -0.1) is 0 Å². The zero-order valence-corrected chi connectivity index (χ0v) is 13.6. The zero-order valence-electron chi connectivity index (χ0n) is 13.6. The van der Waals surface area contributed by atoms with Gasteiger partial charge >= 0.3 is 6.03 Å². The maximum Gasteiger partial charge on any atom is 0.317 e. The van der Waals surface area contributed by atoms with Crippen molar-refractivity contribution in [2.45, 2.75) is 13.5 Å². The van der Waals surface area contributed by atoms with E-state index in [-0.39, 0.29) is 25.8 Å². The molecule has 1 saturated heterocycles. The van der Waals surface area contributed by atoms with Crippen molar-refractivity contribution in [2.24, 2.45) is 0 Å². The number of aliphatic hydroxyl groups excluding tert-OH is 1. The van der Waals surface area contributed by atoms with Crippen LogP contribution in [-0.2, 0) is 4.74 Å². The Morgan fingerprint density at radius 2 is 1.92 bits per heavy atom. The predicted molar refractivity (Wildman–Crippen MR) is 95.0 cm³/mol. The highest BCUT2D eigenvalue weighted by atomic mass is 16.5. The Kier molecular flexibility index (Phi) is 9.68. The summed E-state index contributed by atoms with van der Waals surface area (Å²) >= 11 is 0. The third-order valence-corrected chi connectivity index (χ3v) is 3.54. The van der Waals surface area contributed by atoms with Crippen LogP contribution in [0.15, 0.2) is 24.3 Å². The van der Waals surface area contributed by atoms with Gasteiger partial charge < -0.3 is 35.2 Å². The van der Waals surface area contributed by atoms with Gasteiger partial charge in [-0.25, -0.2) is 4.79 Å². The summed E-state index contributed by atoms with van der Waals surface area (Å²) in [5.74, 6) is 0.758. The van der Waals surface area contributed by atoms with Gasteiger partial charge in [0.1, 0.15) is 24.2 Å². The van der Waals surface area contributed by atoms with Crippen LogP contribution >= 0.6 is 0 Å². The first-order valence-corrected chi connectivity index (χ1v) is 8.06. The molecule has 4 N–H and O–H groups in total. The van der Waals surface area contributed by atoms with Crippen molar-refractivity contribution in [3.8, 4) is 11.5 Å². The number of aromatic hydroxyl groups is 1. The van der Waals surface area contributed by atoms with Crippen molar-refractivity contribution < 1.29 is 24.5 Å². The number of carbonyl (C=O) groups excluding carboxylic acids is 1. The maximum absolute atomic E-state index is 11.8. The summed E-state index contributed by atoms with van der Waals surface area (Å²) < 4.78 is 10.6. The number of ether oxygens (including phenoxy) is 2. The first-order valence-electron chi connectivity index (χ1n) is 8.06. The molecular weight excluding hydrogens is 326 g/mol. The van der Waals surface area contributed by atoms with Gasteiger partial charge in [0.2, 0.25) is 0 Å². The molecule has 2 rings (SSSR count). The molecule has 1 aromatic carbocycles. The second-order valence-corrected chi connectivity index (χ2v) is 5.49. The summed E-state index contributed by atoms with van der Waals surface area (Å²) in [5.41, 5.74) is 0. The molecule has 1 heterocycles. The molecule has 0 saturated carbocycles. The Morgan fingerprint density at radius 1 is 1.24 bits per heavy atom. The Balaban J connectivity index is 0.00000312. The van der Waals surface area contributed by atoms with E-state index in [1.165, 1.54) is 12.1 Å². The number of amides is 2. The number of aliphatic hydroxyl groups is 1. The number of phenols is 1. The van der Waals surface area contributed by atoms with Crippen LogP contribution in [0.25, 0.3) is 0 Å². The quantitative estimate of drug-likeness (QED) is 0.504. The maximum atomic E-state index is 11.8. The van der Waals surface area contributed by atoms with Crippen molar-refractivity contribution in [1.29, 1.82) is 0 Å². The number of carbonyl (C=O) groups is 1. The molecule has 0 aromatic heterocycles. The van der Waals surface area contributed by atoms with Crippen LogP contribution in [-0.4, -0.2) is 79.8 Å². The highest BCUT2D eigenvalue weighted by Crippen LogP contribution is 2.15. The largest absolute Gasteiger partial charge is 0.508 e. The van der Waals surface area contributed by atoms with Gasteiger partial charge in [0.15, 0.2) is 0 Å². The van der Waals surface area contributed by atoms with E-state index in [0.717, 1.165) is 0 Å². The molecule has 1 unspecified atom stereocenters. The number of rotatable bonds is 8. The van der Waals surface area contributed by atoms with Crippen molar-refractivity contribution in [3.05, 3.63) is 24.3 Å². The first kappa shape index (κ1) is 21.0. The summed E-state index contributed by atoms with van der Waals surface area (Å²) in [6, 6.07) is 6.23. The summed E-state index contributed by atoms with van der Waals surface area (Å²) in [4.78, 5) is 13.5. The number of morpholine rings is 1. The third kappa shape index (κ3) is 8.06. The lowest BCUT2D eigenvalue weighted by Crippen LogP contribution is -2.47. The van der Waals surface area contributed by atoms with E-state index >= 15 is 0 Å². The Bertz CT molecular complexity index is 492. The Morgan fingerprint density at radius 3 is 2.60 bits per heavy atom. The Labute approximate surface area is 148 Å². The molecule has 1 aliphatic rings. The van der Waals surface area contributed by atoms with Gasteiger partial charge in [-0.3, -0.25) is 0 Å². The fraction of sp³-hybridized carbons (Fsp3) is 0.588. The van der Waals surface area contributed by atoms with Crippen LogP contribution in [0.1, 0.15) is 7.43 Å². The van der Waals surface area contributed by atoms with Gasteiger partial charge in [-0.1, -0.05) is 7.43 Å². The third-order valence-electron chi connectivity index (χ3n) is 3.54. The topological polar surface area (TPSA) is 103 Å². The number of nitrogens with one attached hydrogen (secondary N) is 2. The lowest BCUT2D eigenvalue weighted by Gasteiger charge is -2.27. The van der Waals surface area contributed by atoms with E-state index in [0.29, 0.717) is 51.7 Å². The van der Waals surface area contributed by atoms with Crippen LogP contribution in [0.5, 0.6) is 11.5 Å². The van der Waals surface area contributed by atoms with Crippen molar-refractivity contribution in [3.63, 3.8) is 0 Å². The van der Waals surface area contributed by atoms with Crippen LogP contribution in [0.4, 0.5) is 4.79 Å². The number of urea groups is 1. The molecule has 1 fully saturated rings. The van der Waals surface area contributed by atoms with Crippen LogP contribution in [0, 0.1) is 0 Å². The Hall–Kier alpha value is -2.03. The highest BCUT2D eigenvalue weighted by molar-refractivity contribution is 5.74. The summed E-state index contributed by atoms with van der Waals surface area (Å²) in [5, 5.41) is 24.9. The molecule has 1 atom stereocenters. The molecule has 8 heteroatoms. The molecular formula is C17H29N3O5. The minimum Gasteiger partial charge on any atom is -0.508 e. The second-order valence-electron chi connectivity index (χ2n) is 5.49. The number of phenolic OH excluding ortho intramolecular Hbond substituents is 1. The van der Waals surface area contributed by atoms with E-state index in [9.17, 15) is 9.90 Å². The lowest BCUT2D eigenvalue weighted by atomic mass is 10.3. The average Bonchev–Trinajstić information content (AvgIpc) is 2.61. The van der Waals surface area contributed by atoms with Crippen molar-refractivity contribution in [2.75, 3.05) is 52.5 Å². The summed E-state index contributed by atoms with van der Waals surface area (Å²) in [6.07, 6.45) is -0.659.